The summed E-state index contributed by atoms with van der Waals surface area (Å²) in [7, 11) is 0. The van der Waals surface area contributed by atoms with E-state index in [0.717, 1.165) is 11.3 Å². The number of carbonyl (C=O) groups excluding carboxylic acids is 1. The third-order valence-electron chi connectivity index (χ3n) is 1.45. The van der Waals surface area contributed by atoms with E-state index in [0.29, 0.717) is 0 Å². The van der Waals surface area contributed by atoms with Gasteiger partial charge in [0.25, 0.3) is 0 Å². The second kappa shape index (κ2) is 4.16. The minimum atomic E-state index is -0.0797. The van der Waals surface area contributed by atoms with E-state index in [1.807, 2.05) is 31.2 Å². The number of aryl methyl sites for hydroxylation is 1. The van der Waals surface area contributed by atoms with Gasteiger partial charge in [0.1, 0.15) is 0 Å². The van der Waals surface area contributed by atoms with Crippen molar-refractivity contribution in [2.45, 2.75) is 6.92 Å². The first-order chi connectivity index (χ1) is 5.72. The molecule has 1 rings (SSSR count). The maximum absolute atomic E-state index is 10.9. The summed E-state index contributed by atoms with van der Waals surface area (Å²) in [5.41, 5.74) is 1.96. The lowest BCUT2D eigenvalue weighted by molar-refractivity contribution is -0.113. The van der Waals surface area contributed by atoms with Crippen LogP contribution in [0.15, 0.2) is 24.3 Å². The highest BCUT2D eigenvalue weighted by Gasteiger charge is 1.97. The van der Waals surface area contributed by atoms with Gasteiger partial charge in [-0.3, -0.25) is 4.79 Å². The molecule has 1 aromatic carbocycles. The van der Waals surface area contributed by atoms with Crippen molar-refractivity contribution in [3.05, 3.63) is 29.8 Å². The summed E-state index contributed by atoms with van der Waals surface area (Å²) < 4.78 is 0. The fourth-order valence-corrected chi connectivity index (χ4v) is 1.00. The number of nitrogens with one attached hydrogen (secondary N) is 1. The van der Waals surface area contributed by atoms with Gasteiger partial charge in [0.15, 0.2) is 0 Å². The van der Waals surface area contributed by atoms with Crippen LogP contribution in [0.5, 0.6) is 0 Å². The van der Waals surface area contributed by atoms with Crippen LogP contribution in [0.1, 0.15) is 5.56 Å². The lowest BCUT2D eigenvalue weighted by Gasteiger charge is -2.02. The summed E-state index contributed by atoms with van der Waals surface area (Å²) in [5.74, 6) is 0.137. The number of anilines is 1. The molecule has 0 saturated heterocycles. The third kappa shape index (κ3) is 2.58. The molecule has 0 heterocycles. The Bertz CT molecular complexity index is 286. The number of hydrogen-bond acceptors (Lipinski definition) is 2. The van der Waals surface area contributed by atoms with Crippen molar-refractivity contribution in [1.82, 2.24) is 0 Å². The first kappa shape index (κ1) is 9.13. The molecular formula is C9H11NOS. The number of benzene rings is 1. The van der Waals surface area contributed by atoms with Crippen molar-refractivity contribution in [3.8, 4) is 0 Å². The molecule has 1 aromatic rings. The zero-order valence-electron chi connectivity index (χ0n) is 6.87. The maximum Gasteiger partial charge on any atom is 0.234 e. The van der Waals surface area contributed by atoms with E-state index in [-0.39, 0.29) is 11.7 Å². The van der Waals surface area contributed by atoms with Gasteiger partial charge in [-0.25, -0.2) is 0 Å². The summed E-state index contributed by atoms with van der Waals surface area (Å²) in [4.78, 5) is 10.9. The van der Waals surface area contributed by atoms with Gasteiger partial charge < -0.3 is 5.32 Å². The summed E-state index contributed by atoms with van der Waals surface area (Å²) in [6.45, 7) is 1.98. The third-order valence-corrected chi connectivity index (χ3v) is 1.73. The number of carbonyl (C=O) groups is 1. The SMILES string of the molecule is Cc1cccc(NC(=O)CS)c1. The predicted octanol–water partition coefficient (Wildman–Crippen LogP) is 1.86. The molecule has 0 aromatic heterocycles. The minimum Gasteiger partial charge on any atom is -0.325 e. The Hall–Kier alpha value is -0.960. The maximum atomic E-state index is 10.9. The Morgan fingerprint density at radius 2 is 2.33 bits per heavy atom. The minimum absolute atomic E-state index is 0.0797. The van der Waals surface area contributed by atoms with Gasteiger partial charge in [0, 0.05) is 5.69 Å². The largest absolute Gasteiger partial charge is 0.325 e. The predicted molar refractivity (Wildman–Crippen MR) is 53.7 cm³/mol. The van der Waals surface area contributed by atoms with E-state index >= 15 is 0 Å². The summed E-state index contributed by atoms with van der Waals surface area (Å²) in [6.07, 6.45) is 0. The van der Waals surface area contributed by atoms with Gasteiger partial charge in [-0.05, 0) is 24.6 Å². The topological polar surface area (TPSA) is 29.1 Å². The number of rotatable bonds is 2. The Morgan fingerprint density at radius 1 is 1.58 bits per heavy atom. The smallest absolute Gasteiger partial charge is 0.234 e. The van der Waals surface area contributed by atoms with Crippen LogP contribution in [-0.2, 0) is 4.79 Å². The van der Waals surface area contributed by atoms with Crippen LogP contribution in [-0.4, -0.2) is 11.7 Å². The first-order valence-electron chi connectivity index (χ1n) is 3.70. The van der Waals surface area contributed by atoms with E-state index in [1.165, 1.54) is 0 Å². The molecule has 0 radical (unpaired) electrons. The van der Waals surface area contributed by atoms with Gasteiger partial charge in [-0.15, -0.1) is 0 Å². The summed E-state index contributed by atoms with van der Waals surface area (Å²) >= 11 is 3.86. The Balaban J connectivity index is 2.69. The molecule has 3 heteroatoms. The molecular weight excluding hydrogens is 170 g/mol. The Labute approximate surface area is 77.4 Å². The molecule has 0 aliphatic heterocycles. The van der Waals surface area contributed by atoms with Gasteiger partial charge >= 0.3 is 0 Å². The van der Waals surface area contributed by atoms with E-state index in [4.69, 9.17) is 0 Å². The average molecular weight is 181 g/mol. The van der Waals surface area contributed by atoms with Crippen LogP contribution < -0.4 is 5.32 Å². The average Bonchev–Trinajstić information content (AvgIpc) is 2.04. The highest BCUT2D eigenvalue weighted by Crippen LogP contribution is 2.08. The van der Waals surface area contributed by atoms with Crippen molar-refractivity contribution >= 4 is 24.2 Å². The second-order valence-electron chi connectivity index (χ2n) is 2.58. The van der Waals surface area contributed by atoms with Crippen LogP contribution in [0.25, 0.3) is 0 Å². The van der Waals surface area contributed by atoms with E-state index < -0.39 is 0 Å². The Morgan fingerprint density at radius 3 is 2.92 bits per heavy atom. The molecule has 0 aliphatic carbocycles. The first-order valence-corrected chi connectivity index (χ1v) is 4.33. The lowest BCUT2D eigenvalue weighted by atomic mass is 10.2. The van der Waals surface area contributed by atoms with Crippen molar-refractivity contribution in [2.75, 3.05) is 11.1 Å². The Kier molecular flexibility index (Phi) is 3.17. The number of amides is 1. The molecule has 0 bridgehead atoms. The molecule has 1 N–H and O–H groups in total. The van der Waals surface area contributed by atoms with Crippen LogP contribution >= 0.6 is 12.6 Å². The zero-order valence-corrected chi connectivity index (χ0v) is 7.77. The van der Waals surface area contributed by atoms with Gasteiger partial charge in [-0.1, -0.05) is 12.1 Å². The van der Waals surface area contributed by atoms with Gasteiger partial charge in [-0.2, -0.15) is 12.6 Å². The van der Waals surface area contributed by atoms with E-state index in [9.17, 15) is 4.79 Å². The second-order valence-corrected chi connectivity index (χ2v) is 2.89. The van der Waals surface area contributed by atoms with Crippen molar-refractivity contribution in [1.29, 1.82) is 0 Å². The quantitative estimate of drug-likeness (QED) is 0.670. The molecule has 64 valence electrons. The highest BCUT2D eigenvalue weighted by molar-refractivity contribution is 7.81. The fraction of sp³-hybridized carbons (Fsp3) is 0.222. The number of thiol groups is 1. The van der Waals surface area contributed by atoms with Gasteiger partial charge in [0.05, 0.1) is 5.75 Å². The molecule has 0 saturated carbocycles. The molecule has 0 aliphatic rings. The van der Waals surface area contributed by atoms with Crippen LogP contribution in [0.4, 0.5) is 5.69 Å². The van der Waals surface area contributed by atoms with Crippen molar-refractivity contribution in [2.24, 2.45) is 0 Å². The lowest BCUT2D eigenvalue weighted by Crippen LogP contribution is -2.12. The monoisotopic (exact) mass is 181 g/mol. The van der Waals surface area contributed by atoms with Crippen LogP contribution in [0, 0.1) is 6.92 Å². The fourth-order valence-electron chi connectivity index (χ4n) is 0.923. The molecule has 0 atom stereocenters. The van der Waals surface area contributed by atoms with E-state index in [1.54, 1.807) is 0 Å². The molecule has 0 spiro atoms. The standard InChI is InChI=1S/C9H11NOS/c1-7-3-2-4-8(5-7)10-9(11)6-12/h2-5,12H,6H2,1H3,(H,10,11). The molecule has 0 fully saturated rings. The highest BCUT2D eigenvalue weighted by atomic mass is 32.1. The van der Waals surface area contributed by atoms with Crippen LogP contribution in [0.3, 0.4) is 0 Å². The molecule has 2 nitrogen and oxygen atoms in total. The van der Waals surface area contributed by atoms with Crippen molar-refractivity contribution < 1.29 is 4.79 Å². The molecule has 0 unspecified atom stereocenters. The van der Waals surface area contributed by atoms with E-state index in [2.05, 4.69) is 17.9 Å². The summed E-state index contributed by atoms with van der Waals surface area (Å²) in [5, 5.41) is 2.72. The summed E-state index contributed by atoms with van der Waals surface area (Å²) in [6, 6.07) is 7.66. The van der Waals surface area contributed by atoms with Crippen molar-refractivity contribution in [3.63, 3.8) is 0 Å². The van der Waals surface area contributed by atoms with Gasteiger partial charge in [0.2, 0.25) is 5.91 Å². The molecule has 12 heavy (non-hydrogen) atoms. The zero-order chi connectivity index (χ0) is 8.97. The number of hydrogen-bond donors (Lipinski definition) is 2. The molecule has 1 amide bonds. The normalized spacial score (nSPS) is 9.50. The van der Waals surface area contributed by atoms with Crippen LogP contribution in [0.2, 0.25) is 0 Å².